The zero-order chi connectivity index (χ0) is 41.7. The molecule has 0 saturated carbocycles. The van der Waals surface area contributed by atoms with Gasteiger partial charge in [-0.15, -0.1) is 0 Å². The fraction of sp³-hybridized carbons (Fsp3) is 0.0164. The van der Waals surface area contributed by atoms with Crippen molar-refractivity contribution in [2.45, 2.75) is 6.54 Å². The van der Waals surface area contributed by atoms with Crippen LogP contribution in [0.4, 0.5) is 11.4 Å². The van der Waals surface area contributed by atoms with Crippen molar-refractivity contribution in [3.63, 3.8) is 0 Å². The smallest absolute Gasteiger partial charge is 0.143 e. The highest BCUT2D eigenvalue weighted by atomic mass is 16.3. The van der Waals surface area contributed by atoms with Crippen LogP contribution in [-0.4, -0.2) is 0 Å². The van der Waals surface area contributed by atoms with Crippen molar-refractivity contribution in [2.75, 3.05) is 4.90 Å². The zero-order valence-electron chi connectivity index (χ0n) is 34.6. The third-order valence-electron chi connectivity index (χ3n) is 12.8. The van der Waals surface area contributed by atoms with Gasteiger partial charge in [0.05, 0.1) is 0 Å². The number of furan rings is 1. The van der Waals surface area contributed by atoms with Gasteiger partial charge in [0.15, 0.2) is 0 Å². The van der Waals surface area contributed by atoms with Gasteiger partial charge in [0.25, 0.3) is 0 Å². The molecule has 12 rings (SSSR count). The van der Waals surface area contributed by atoms with E-state index in [-0.39, 0.29) is 0 Å². The number of anilines is 2. The molecule has 0 radical (unpaired) electrons. The first kappa shape index (κ1) is 36.6. The highest BCUT2D eigenvalue weighted by molar-refractivity contribution is 6.17. The number of hydrogen-bond acceptors (Lipinski definition) is 2. The molecule has 0 unspecified atom stereocenters. The van der Waals surface area contributed by atoms with Crippen LogP contribution in [0.15, 0.2) is 241 Å². The Morgan fingerprint density at radius 1 is 0.286 bits per heavy atom. The molecule has 2 nitrogen and oxygen atoms in total. The molecule has 0 aliphatic rings. The number of nitrogens with zero attached hydrogens (tertiary/aromatic N) is 1. The van der Waals surface area contributed by atoms with Crippen LogP contribution in [0.1, 0.15) is 5.56 Å². The standard InChI is InChI=1S/C61H41NO/c1-2-15-46-38-48(27-26-41(46)12-1)43-30-35-52(36-31-43)62(51-33-28-42(29-34-51)47-18-9-19-49(39-47)54-23-10-17-44-13-3-6-20-53(44)54)40-50-16-5-7-21-55(50)57-24-11-25-58-59-37-32-45-14-4-8-22-56(45)60(59)63-61(57)58/h1-39H,40H2. The van der Waals surface area contributed by atoms with Gasteiger partial charge in [0, 0.05) is 39.6 Å². The van der Waals surface area contributed by atoms with Crippen molar-refractivity contribution in [1.82, 2.24) is 0 Å². The number of para-hydroxylation sites is 1. The second-order valence-corrected chi connectivity index (χ2v) is 16.5. The minimum Gasteiger partial charge on any atom is -0.455 e. The molecule has 0 aliphatic heterocycles. The predicted molar refractivity (Wildman–Crippen MR) is 267 cm³/mol. The fourth-order valence-corrected chi connectivity index (χ4v) is 9.54. The van der Waals surface area contributed by atoms with Gasteiger partial charge in [-0.05, 0) is 114 Å². The summed E-state index contributed by atoms with van der Waals surface area (Å²) in [5.41, 5.74) is 14.8. The Morgan fingerprint density at radius 3 is 1.59 bits per heavy atom. The van der Waals surface area contributed by atoms with Crippen molar-refractivity contribution in [3.8, 4) is 44.5 Å². The Balaban J connectivity index is 0.942. The molecule has 12 aromatic rings. The molecule has 2 heteroatoms. The van der Waals surface area contributed by atoms with E-state index < -0.39 is 0 Å². The van der Waals surface area contributed by atoms with Gasteiger partial charge in [0.2, 0.25) is 0 Å². The third kappa shape index (κ3) is 6.61. The summed E-state index contributed by atoms with van der Waals surface area (Å²) in [7, 11) is 0. The Hall–Kier alpha value is -8.20. The van der Waals surface area contributed by atoms with E-state index in [9.17, 15) is 0 Å². The van der Waals surface area contributed by atoms with E-state index >= 15 is 0 Å². The van der Waals surface area contributed by atoms with Crippen molar-refractivity contribution in [2.24, 2.45) is 0 Å². The van der Waals surface area contributed by atoms with E-state index in [2.05, 4.69) is 241 Å². The Labute approximate surface area is 366 Å². The summed E-state index contributed by atoms with van der Waals surface area (Å²) in [6.45, 7) is 0.654. The molecule has 0 bridgehead atoms. The molecule has 0 spiro atoms. The van der Waals surface area contributed by atoms with Crippen molar-refractivity contribution in [1.29, 1.82) is 0 Å². The Kier molecular flexibility index (Phi) is 8.93. The zero-order valence-corrected chi connectivity index (χ0v) is 34.6. The van der Waals surface area contributed by atoms with Crippen LogP contribution >= 0.6 is 0 Å². The molecule has 11 aromatic carbocycles. The quantitative estimate of drug-likeness (QED) is 0.152. The van der Waals surface area contributed by atoms with Crippen LogP contribution in [0.5, 0.6) is 0 Å². The first-order valence-corrected chi connectivity index (χ1v) is 21.7. The minimum atomic E-state index is 0.654. The van der Waals surface area contributed by atoms with E-state index in [0.717, 1.165) is 49.8 Å². The van der Waals surface area contributed by atoms with Gasteiger partial charge in [-0.2, -0.15) is 0 Å². The van der Waals surface area contributed by atoms with Gasteiger partial charge in [-0.1, -0.05) is 194 Å². The van der Waals surface area contributed by atoms with E-state index in [1.165, 1.54) is 65.9 Å². The lowest BCUT2D eigenvalue weighted by atomic mass is 9.95. The normalized spacial score (nSPS) is 11.6. The summed E-state index contributed by atoms with van der Waals surface area (Å²) in [5, 5.41) is 9.58. The van der Waals surface area contributed by atoms with Gasteiger partial charge in [-0.3, -0.25) is 0 Å². The molecule has 0 N–H and O–H groups in total. The number of rotatable bonds is 8. The first-order valence-electron chi connectivity index (χ1n) is 21.7. The topological polar surface area (TPSA) is 16.4 Å². The molecule has 1 heterocycles. The van der Waals surface area contributed by atoms with Gasteiger partial charge < -0.3 is 9.32 Å². The second kappa shape index (κ2) is 15.4. The highest BCUT2D eigenvalue weighted by Gasteiger charge is 2.19. The molecule has 0 fully saturated rings. The van der Waals surface area contributed by atoms with E-state index in [4.69, 9.17) is 4.42 Å². The van der Waals surface area contributed by atoms with Crippen LogP contribution < -0.4 is 4.90 Å². The van der Waals surface area contributed by atoms with Crippen LogP contribution in [-0.2, 0) is 6.54 Å². The number of benzene rings is 11. The fourth-order valence-electron chi connectivity index (χ4n) is 9.54. The maximum Gasteiger partial charge on any atom is 0.143 e. The summed E-state index contributed by atoms with van der Waals surface area (Å²) in [4.78, 5) is 2.44. The molecular formula is C61H41NO. The van der Waals surface area contributed by atoms with E-state index in [0.29, 0.717) is 6.54 Å². The summed E-state index contributed by atoms with van der Waals surface area (Å²) >= 11 is 0. The monoisotopic (exact) mass is 803 g/mol. The lowest BCUT2D eigenvalue weighted by Crippen LogP contribution is -2.17. The van der Waals surface area contributed by atoms with Gasteiger partial charge in [-0.25, -0.2) is 0 Å². The number of hydrogen-bond donors (Lipinski definition) is 0. The SMILES string of the molecule is c1cc(-c2ccc(N(Cc3ccccc3-c3cccc4c3oc3c5ccccc5ccc43)c3ccc(-c4ccc5ccccc5c4)cc3)cc2)cc(-c2cccc3ccccc23)c1. The lowest BCUT2D eigenvalue weighted by Gasteiger charge is -2.27. The number of fused-ring (bicyclic) bond motifs is 7. The summed E-state index contributed by atoms with van der Waals surface area (Å²) < 4.78 is 6.86. The summed E-state index contributed by atoms with van der Waals surface area (Å²) in [6, 6.07) is 85.7. The van der Waals surface area contributed by atoms with Crippen LogP contribution in [0.25, 0.3) is 98.8 Å². The maximum atomic E-state index is 6.86. The molecule has 0 atom stereocenters. The van der Waals surface area contributed by atoms with E-state index in [1.54, 1.807) is 0 Å². The largest absolute Gasteiger partial charge is 0.455 e. The summed E-state index contributed by atoms with van der Waals surface area (Å²) in [5.74, 6) is 0. The molecule has 1 aromatic heterocycles. The first-order chi connectivity index (χ1) is 31.2. The predicted octanol–water partition coefficient (Wildman–Crippen LogP) is 17.1. The molecule has 0 amide bonds. The average Bonchev–Trinajstić information content (AvgIpc) is 3.75. The average molecular weight is 804 g/mol. The van der Waals surface area contributed by atoms with Crippen molar-refractivity contribution >= 4 is 65.6 Å². The molecule has 0 saturated heterocycles. The third-order valence-corrected chi connectivity index (χ3v) is 12.8. The summed E-state index contributed by atoms with van der Waals surface area (Å²) in [6.07, 6.45) is 0. The lowest BCUT2D eigenvalue weighted by molar-refractivity contribution is 0.673. The molecule has 0 aliphatic carbocycles. The van der Waals surface area contributed by atoms with Gasteiger partial charge in [0.1, 0.15) is 11.2 Å². The van der Waals surface area contributed by atoms with Crippen LogP contribution in [0.3, 0.4) is 0 Å². The van der Waals surface area contributed by atoms with E-state index in [1.807, 2.05) is 0 Å². The van der Waals surface area contributed by atoms with Gasteiger partial charge >= 0.3 is 0 Å². The minimum absolute atomic E-state index is 0.654. The molecular weight excluding hydrogens is 763 g/mol. The van der Waals surface area contributed by atoms with Crippen LogP contribution in [0, 0.1) is 0 Å². The molecule has 63 heavy (non-hydrogen) atoms. The molecule has 296 valence electrons. The highest BCUT2D eigenvalue weighted by Crippen LogP contribution is 2.41. The Morgan fingerprint density at radius 2 is 0.794 bits per heavy atom. The Bertz CT molecular complexity index is 3650. The van der Waals surface area contributed by atoms with Crippen molar-refractivity contribution < 1.29 is 4.42 Å². The van der Waals surface area contributed by atoms with Crippen molar-refractivity contribution in [3.05, 3.63) is 242 Å². The van der Waals surface area contributed by atoms with Crippen LogP contribution in [0.2, 0.25) is 0 Å². The second-order valence-electron chi connectivity index (χ2n) is 16.5. The maximum absolute atomic E-state index is 6.86.